The number of anilines is 1. The monoisotopic (exact) mass is 556 g/mol. The van der Waals surface area contributed by atoms with Crippen molar-refractivity contribution in [3.05, 3.63) is 126 Å². The van der Waals surface area contributed by atoms with Crippen molar-refractivity contribution < 1.29 is 9.59 Å². The second-order valence-corrected chi connectivity index (χ2v) is 11.1. The van der Waals surface area contributed by atoms with Gasteiger partial charge in [0.2, 0.25) is 5.91 Å². The summed E-state index contributed by atoms with van der Waals surface area (Å²) in [6.07, 6.45) is 4.69. The Morgan fingerprint density at radius 2 is 1.43 bits per heavy atom. The molecule has 6 rings (SSSR count). The van der Waals surface area contributed by atoms with Gasteiger partial charge in [-0.3, -0.25) is 20.4 Å². The van der Waals surface area contributed by atoms with Crippen molar-refractivity contribution in [2.75, 3.05) is 11.9 Å². The van der Waals surface area contributed by atoms with Gasteiger partial charge in [-0.05, 0) is 59.2 Å². The predicted molar refractivity (Wildman–Crippen MR) is 169 cm³/mol. The molecular formula is C36H36N4O2. The van der Waals surface area contributed by atoms with Gasteiger partial charge in [0.05, 0.1) is 12.2 Å². The Morgan fingerprint density at radius 1 is 0.738 bits per heavy atom. The highest BCUT2D eigenvalue weighted by Crippen LogP contribution is 2.38. The smallest absolute Gasteiger partial charge is 0.257 e. The average molecular weight is 557 g/mol. The van der Waals surface area contributed by atoms with Gasteiger partial charge in [0.25, 0.3) is 5.91 Å². The highest BCUT2D eigenvalue weighted by molar-refractivity contribution is 5.91. The first-order chi connectivity index (χ1) is 20.7. The molecule has 1 saturated carbocycles. The third kappa shape index (κ3) is 6.23. The van der Waals surface area contributed by atoms with Crippen molar-refractivity contribution in [2.45, 2.75) is 38.0 Å². The Kier molecular flexibility index (Phi) is 8.31. The fourth-order valence-electron chi connectivity index (χ4n) is 6.17. The molecule has 1 heterocycles. The van der Waals surface area contributed by atoms with Gasteiger partial charge in [-0.1, -0.05) is 104 Å². The lowest BCUT2D eigenvalue weighted by Crippen LogP contribution is -2.48. The van der Waals surface area contributed by atoms with E-state index in [-0.39, 0.29) is 30.2 Å². The second kappa shape index (κ2) is 12.8. The summed E-state index contributed by atoms with van der Waals surface area (Å²) in [5.74, 6) is -0.454. The lowest BCUT2D eigenvalue weighted by Gasteiger charge is -2.31. The summed E-state index contributed by atoms with van der Waals surface area (Å²) in [5.41, 5.74) is 13.3. The highest BCUT2D eigenvalue weighted by Gasteiger charge is 2.32. The first-order valence-electron chi connectivity index (χ1n) is 14.8. The number of para-hydroxylation sites is 2. The standard InChI is InChI=1S/C36H36N4O2/c41-34(24-37-28-13-5-2-6-14-28)39-40-36(42)31-17-8-7-15-29(31)26-21-19-25(20-22-26)23-32-30-16-9-10-18-33(30)38-35(32)27-11-3-1-4-12-27/h1-6,9-14,16,18-22,29,31,37-38H,7-8,15,17,23-24H2,(H,39,41)(H,40,42)/t29-,31+/m0/s1. The van der Waals surface area contributed by atoms with Gasteiger partial charge in [-0.2, -0.15) is 0 Å². The summed E-state index contributed by atoms with van der Waals surface area (Å²) in [6, 6.07) is 37.2. The molecule has 0 unspecified atom stereocenters. The number of nitrogens with one attached hydrogen (secondary N) is 4. The minimum atomic E-state index is -0.281. The number of amides is 2. The quantitative estimate of drug-likeness (QED) is 0.156. The van der Waals surface area contributed by atoms with Crippen LogP contribution in [-0.4, -0.2) is 23.3 Å². The first kappa shape index (κ1) is 27.3. The normalized spacial score (nSPS) is 16.6. The van der Waals surface area contributed by atoms with E-state index < -0.39 is 0 Å². The van der Waals surface area contributed by atoms with Crippen molar-refractivity contribution >= 4 is 28.4 Å². The van der Waals surface area contributed by atoms with Crippen LogP contribution in [0.3, 0.4) is 0 Å². The van der Waals surface area contributed by atoms with Crippen LogP contribution in [0, 0.1) is 5.92 Å². The maximum atomic E-state index is 13.2. The van der Waals surface area contributed by atoms with E-state index >= 15 is 0 Å². The van der Waals surface area contributed by atoms with E-state index in [1.165, 1.54) is 27.6 Å². The summed E-state index contributed by atoms with van der Waals surface area (Å²) in [7, 11) is 0. The van der Waals surface area contributed by atoms with Gasteiger partial charge < -0.3 is 10.3 Å². The topological polar surface area (TPSA) is 86.0 Å². The number of hydrazine groups is 1. The van der Waals surface area contributed by atoms with Crippen LogP contribution < -0.4 is 16.2 Å². The second-order valence-electron chi connectivity index (χ2n) is 11.1. The van der Waals surface area contributed by atoms with Gasteiger partial charge >= 0.3 is 0 Å². The zero-order valence-corrected chi connectivity index (χ0v) is 23.6. The summed E-state index contributed by atoms with van der Waals surface area (Å²) in [4.78, 5) is 29.2. The van der Waals surface area contributed by atoms with E-state index in [1.54, 1.807) is 0 Å². The van der Waals surface area contributed by atoms with Crippen molar-refractivity contribution in [2.24, 2.45) is 5.92 Å². The number of fused-ring (bicyclic) bond motifs is 1. The number of hydrogen-bond acceptors (Lipinski definition) is 3. The van der Waals surface area contributed by atoms with Crippen molar-refractivity contribution in [1.29, 1.82) is 0 Å². The first-order valence-corrected chi connectivity index (χ1v) is 14.8. The zero-order chi connectivity index (χ0) is 28.7. The fraction of sp³-hybridized carbons (Fsp3) is 0.222. The van der Waals surface area contributed by atoms with E-state index in [4.69, 9.17) is 0 Å². The molecule has 0 aliphatic heterocycles. The molecule has 42 heavy (non-hydrogen) atoms. The molecule has 0 radical (unpaired) electrons. The number of benzene rings is 4. The molecule has 1 aromatic heterocycles. The Morgan fingerprint density at radius 3 is 2.21 bits per heavy atom. The van der Waals surface area contributed by atoms with Crippen LogP contribution in [0.4, 0.5) is 5.69 Å². The summed E-state index contributed by atoms with van der Waals surface area (Å²) in [6.45, 7) is 0.0856. The fourth-order valence-corrected chi connectivity index (χ4v) is 6.17. The molecule has 5 aromatic rings. The molecule has 2 amide bonds. The van der Waals surface area contributed by atoms with Crippen molar-refractivity contribution in [3.8, 4) is 11.3 Å². The van der Waals surface area contributed by atoms with Gasteiger partial charge in [0.1, 0.15) is 0 Å². The summed E-state index contributed by atoms with van der Waals surface area (Å²) in [5, 5.41) is 4.30. The Balaban J connectivity index is 1.13. The SMILES string of the molecule is O=C(CNc1ccccc1)NNC(=O)[C@@H]1CCCC[C@H]1c1ccc(Cc2c(-c3ccccc3)[nH]c3ccccc23)cc1. The number of hydrogen-bond donors (Lipinski definition) is 4. The molecule has 2 atom stereocenters. The predicted octanol–water partition coefficient (Wildman–Crippen LogP) is 6.96. The third-order valence-electron chi connectivity index (χ3n) is 8.32. The molecule has 4 N–H and O–H groups in total. The van der Waals surface area contributed by atoms with E-state index in [1.807, 2.05) is 36.4 Å². The molecule has 0 spiro atoms. The van der Waals surface area contributed by atoms with Crippen LogP contribution in [0.15, 0.2) is 109 Å². The lowest BCUT2D eigenvalue weighted by atomic mass is 9.75. The highest BCUT2D eigenvalue weighted by atomic mass is 16.2. The van der Waals surface area contributed by atoms with Crippen LogP contribution in [0.1, 0.15) is 48.3 Å². The molecular weight excluding hydrogens is 520 g/mol. The van der Waals surface area contributed by atoms with Crippen LogP contribution in [0.25, 0.3) is 22.2 Å². The van der Waals surface area contributed by atoms with E-state index in [9.17, 15) is 9.59 Å². The molecule has 1 aliphatic rings. The van der Waals surface area contributed by atoms with E-state index in [0.717, 1.165) is 49.0 Å². The number of rotatable bonds is 8. The number of aromatic nitrogens is 1. The minimum Gasteiger partial charge on any atom is -0.376 e. The minimum absolute atomic E-state index is 0.0856. The summed E-state index contributed by atoms with van der Waals surface area (Å²) >= 11 is 0. The molecule has 1 aliphatic carbocycles. The molecule has 0 saturated heterocycles. The van der Waals surface area contributed by atoms with Gasteiger partial charge in [-0.25, -0.2) is 0 Å². The molecule has 1 fully saturated rings. The lowest BCUT2D eigenvalue weighted by molar-refractivity contribution is -0.131. The van der Waals surface area contributed by atoms with Crippen LogP contribution in [0.2, 0.25) is 0 Å². The van der Waals surface area contributed by atoms with Gasteiger partial charge in [-0.15, -0.1) is 0 Å². The van der Waals surface area contributed by atoms with Gasteiger partial charge in [0.15, 0.2) is 0 Å². The van der Waals surface area contributed by atoms with E-state index in [2.05, 4.69) is 93.9 Å². The Labute approximate surface area is 246 Å². The number of carbonyl (C=O) groups is 2. The number of H-pyrrole nitrogens is 1. The Bertz CT molecular complexity index is 1640. The third-order valence-corrected chi connectivity index (χ3v) is 8.32. The maximum Gasteiger partial charge on any atom is 0.257 e. The molecule has 6 nitrogen and oxygen atoms in total. The summed E-state index contributed by atoms with van der Waals surface area (Å²) < 4.78 is 0. The number of aromatic amines is 1. The van der Waals surface area contributed by atoms with Crippen LogP contribution in [-0.2, 0) is 16.0 Å². The van der Waals surface area contributed by atoms with Crippen LogP contribution >= 0.6 is 0 Å². The Hall–Kier alpha value is -4.84. The van der Waals surface area contributed by atoms with Crippen molar-refractivity contribution in [3.63, 3.8) is 0 Å². The molecule has 0 bridgehead atoms. The largest absolute Gasteiger partial charge is 0.376 e. The molecule has 4 aromatic carbocycles. The van der Waals surface area contributed by atoms with E-state index in [0.29, 0.717) is 0 Å². The number of carbonyl (C=O) groups excluding carboxylic acids is 2. The van der Waals surface area contributed by atoms with Gasteiger partial charge in [0, 0.05) is 28.9 Å². The average Bonchev–Trinajstić information content (AvgIpc) is 3.42. The zero-order valence-electron chi connectivity index (χ0n) is 23.6. The van der Waals surface area contributed by atoms with Crippen molar-refractivity contribution in [1.82, 2.24) is 15.8 Å². The molecule has 212 valence electrons. The maximum absolute atomic E-state index is 13.2. The molecule has 6 heteroatoms. The van der Waals surface area contributed by atoms with Crippen LogP contribution in [0.5, 0.6) is 0 Å².